The molecule has 96 valence electrons. The molecule has 0 atom stereocenters. The molecule has 0 saturated carbocycles. The van der Waals surface area contributed by atoms with Gasteiger partial charge in [0.15, 0.2) is 0 Å². The van der Waals surface area contributed by atoms with Crippen molar-refractivity contribution in [1.29, 1.82) is 0 Å². The molecule has 0 aromatic carbocycles. The van der Waals surface area contributed by atoms with Crippen molar-refractivity contribution in [1.82, 2.24) is 9.71 Å². The van der Waals surface area contributed by atoms with Crippen LogP contribution in [-0.2, 0) is 10.0 Å². The summed E-state index contributed by atoms with van der Waals surface area (Å²) in [5, 5.41) is 2.84. The van der Waals surface area contributed by atoms with Gasteiger partial charge >= 0.3 is 0 Å². The minimum absolute atomic E-state index is 0.195. The van der Waals surface area contributed by atoms with E-state index in [1.54, 1.807) is 24.9 Å². The van der Waals surface area contributed by atoms with Crippen LogP contribution in [0.4, 0.5) is 5.82 Å². The predicted octanol–water partition coefficient (Wildman–Crippen LogP) is 1.15. The van der Waals surface area contributed by atoms with Crippen LogP contribution in [-0.4, -0.2) is 39.0 Å². The second-order valence-corrected chi connectivity index (χ2v) is 6.13. The van der Waals surface area contributed by atoms with Crippen LogP contribution in [0, 0.1) is 0 Å². The summed E-state index contributed by atoms with van der Waals surface area (Å²) in [7, 11) is -1.68. The molecule has 17 heavy (non-hydrogen) atoms. The van der Waals surface area contributed by atoms with Gasteiger partial charge in [0.1, 0.15) is 10.7 Å². The monoisotopic (exact) mass is 275 g/mol. The topological polar surface area (TPSA) is 71.1 Å². The molecule has 7 heteroatoms. The van der Waals surface area contributed by atoms with E-state index in [9.17, 15) is 8.42 Å². The van der Waals surface area contributed by atoms with Crippen LogP contribution in [0.25, 0.3) is 0 Å². The zero-order valence-electron chi connectivity index (χ0n) is 9.93. The van der Waals surface area contributed by atoms with Crippen LogP contribution in [0.1, 0.15) is 6.42 Å². The summed E-state index contributed by atoms with van der Waals surface area (Å²) < 4.78 is 26.2. The third-order valence-electron chi connectivity index (χ3n) is 2.12. The molecule has 0 aliphatic carbocycles. The minimum atomic E-state index is -3.42. The highest BCUT2D eigenvalue weighted by Gasteiger charge is 2.13. The van der Waals surface area contributed by atoms with Gasteiger partial charge in [-0.1, -0.05) is 0 Å². The summed E-state index contributed by atoms with van der Waals surface area (Å²) in [4.78, 5) is 4.17. The van der Waals surface area contributed by atoms with Crippen molar-refractivity contribution in [3.05, 3.63) is 18.3 Å². The summed E-state index contributed by atoms with van der Waals surface area (Å²) in [6.45, 7) is 0.455. The van der Waals surface area contributed by atoms with E-state index in [-0.39, 0.29) is 4.90 Å². The first-order valence-corrected chi connectivity index (χ1v) is 8.10. The maximum absolute atomic E-state index is 11.8. The lowest BCUT2D eigenvalue weighted by Crippen LogP contribution is -2.25. The second-order valence-electron chi connectivity index (χ2n) is 3.37. The molecule has 0 unspecified atom stereocenters. The Morgan fingerprint density at radius 3 is 2.71 bits per heavy atom. The molecule has 2 N–H and O–H groups in total. The molecular formula is C10H17N3O2S2. The first-order valence-electron chi connectivity index (χ1n) is 5.22. The van der Waals surface area contributed by atoms with Crippen LogP contribution < -0.4 is 10.0 Å². The van der Waals surface area contributed by atoms with E-state index in [1.165, 1.54) is 12.3 Å². The van der Waals surface area contributed by atoms with E-state index >= 15 is 0 Å². The summed E-state index contributed by atoms with van der Waals surface area (Å²) in [5.41, 5.74) is 0. The number of aromatic nitrogens is 1. The highest BCUT2D eigenvalue weighted by Crippen LogP contribution is 2.10. The van der Waals surface area contributed by atoms with E-state index in [1.807, 2.05) is 6.26 Å². The van der Waals surface area contributed by atoms with E-state index in [0.717, 1.165) is 12.2 Å². The maximum atomic E-state index is 11.8. The summed E-state index contributed by atoms with van der Waals surface area (Å²) in [5.74, 6) is 1.59. The third-order valence-corrected chi connectivity index (χ3v) is 4.26. The molecule has 0 saturated heterocycles. The summed E-state index contributed by atoms with van der Waals surface area (Å²) >= 11 is 1.70. The molecule has 5 nitrogen and oxygen atoms in total. The largest absolute Gasteiger partial charge is 0.373 e. The fraction of sp³-hybridized carbons (Fsp3) is 0.500. The number of pyridine rings is 1. The minimum Gasteiger partial charge on any atom is -0.373 e. The van der Waals surface area contributed by atoms with Gasteiger partial charge in [0, 0.05) is 19.8 Å². The molecule has 0 aliphatic heterocycles. The Labute approximate surface area is 106 Å². The van der Waals surface area contributed by atoms with Crippen LogP contribution in [0.5, 0.6) is 0 Å². The average molecular weight is 275 g/mol. The first kappa shape index (κ1) is 14.3. The molecule has 1 rings (SSSR count). The lowest BCUT2D eigenvalue weighted by molar-refractivity contribution is 0.580. The number of hydrogen-bond donors (Lipinski definition) is 2. The van der Waals surface area contributed by atoms with E-state index in [2.05, 4.69) is 15.0 Å². The normalized spacial score (nSPS) is 11.4. The van der Waals surface area contributed by atoms with Crippen molar-refractivity contribution in [3.63, 3.8) is 0 Å². The van der Waals surface area contributed by atoms with E-state index in [0.29, 0.717) is 12.4 Å². The Balaban J connectivity index is 2.62. The van der Waals surface area contributed by atoms with Gasteiger partial charge in [-0.05, 0) is 30.6 Å². The average Bonchev–Trinajstić information content (AvgIpc) is 2.35. The Morgan fingerprint density at radius 1 is 1.41 bits per heavy atom. The SMILES string of the molecule is CNc1ccc(S(=O)(=O)NCCCSC)cn1. The number of nitrogens with zero attached hydrogens (tertiary/aromatic N) is 1. The summed E-state index contributed by atoms with van der Waals surface area (Å²) in [6, 6.07) is 3.17. The van der Waals surface area contributed by atoms with E-state index < -0.39 is 10.0 Å². The van der Waals surface area contributed by atoms with Crippen LogP contribution in [0.15, 0.2) is 23.2 Å². The predicted molar refractivity (Wildman–Crippen MR) is 72.0 cm³/mol. The number of rotatable bonds is 7. The van der Waals surface area contributed by atoms with E-state index in [4.69, 9.17) is 0 Å². The zero-order valence-corrected chi connectivity index (χ0v) is 11.6. The molecule has 1 aromatic rings. The second kappa shape index (κ2) is 6.83. The summed E-state index contributed by atoms with van der Waals surface area (Å²) in [6.07, 6.45) is 4.17. The Kier molecular flexibility index (Phi) is 5.73. The number of anilines is 1. The molecule has 0 spiro atoms. The van der Waals surface area contributed by atoms with Gasteiger partial charge < -0.3 is 5.32 Å². The molecule has 1 aromatic heterocycles. The van der Waals surface area contributed by atoms with Crippen molar-refractivity contribution in [3.8, 4) is 0 Å². The number of thioether (sulfide) groups is 1. The van der Waals surface area contributed by atoms with Crippen molar-refractivity contribution in [2.45, 2.75) is 11.3 Å². The quantitative estimate of drug-likeness (QED) is 0.731. The molecule has 0 bridgehead atoms. The first-order chi connectivity index (χ1) is 8.10. The van der Waals surface area contributed by atoms with Gasteiger partial charge in [-0.2, -0.15) is 11.8 Å². The van der Waals surface area contributed by atoms with Gasteiger partial charge in [-0.15, -0.1) is 0 Å². The number of hydrogen-bond acceptors (Lipinski definition) is 5. The van der Waals surface area contributed by atoms with Crippen molar-refractivity contribution >= 4 is 27.6 Å². The highest BCUT2D eigenvalue weighted by molar-refractivity contribution is 7.98. The molecule has 1 heterocycles. The molecule has 0 fully saturated rings. The van der Waals surface area contributed by atoms with Crippen LogP contribution in [0.2, 0.25) is 0 Å². The molecule has 0 amide bonds. The standard InChI is InChI=1S/C10H17N3O2S2/c1-11-10-5-4-9(8-12-10)17(14,15)13-6-3-7-16-2/h4-5,8,13H,3,6-7H2,1-2H3,(H,11,12). The number of sulfonamides is 1. The Hall–Kier alpha value is -0.790. The number of nitrogens with one attached hydrogen (secondary N) is 2. The molecule has 0 radical (unpaired) electrons. The fourth-order valence-electron chi connectivity index (χ4n) is 1.19. The lowest BCUT2D eigenvalue weighted by Gasteiger charge is -2.06. The fourth-order valence-corrected chi connectivity index (χ4v) is 2.64. The Morgan fingerprint density at radius 2 is 2.18 bits per heavy atom. The van der Waals surface area contributed by atoms with Crippen molar-refractivity contribution in [2.75, 3.05) is 30.9 Å². The van der Waals surface area contributed by atoms with Crippen molar-refractivity contribution < 1.29 is 8.42 Å². The van der Waals surface area contributed by atoms with Gasteiger partial charge in [0.25, 0.3) is 0 Å². The highest BCUT2D eigenvalue weighted by atomic mass is 32.2. The Bertz CT molecular complexity index is 431. The maximum Gasteiger partial charge on any atom is 0.242 e. The van der Waals surface area contributed by atoms with Gasteiger partial charge in [0.05, 0.1) is 0 Å². The molecule has 0 aliphatic rings. The van der Waals surface area contributed by atoms with Gasteiger partial charge in [0.2, 0.25) is 10.0 Å². The smallest absolute Gasteiger partial charge is 0.242 e. The van der Waals surface area contributed by atoms with Gasteiger partial charge in [-0.3, -0.25) is 0 Å². The van der Waals surface area contributed by atoms with Crippen LogP contribution in [0.3, 0.4) is 0 Å². The lowest BCUT2D eigenvalue weighted by atomic mass is 10.5. The van der Waals surface area contributed by atoms with Crippen molar-refractivity contribution in [2.24, 2.45) is 0 Å². The molecular weight excluding hydrogens is 258 g/mol. The van der Waals surface area contributed by atoms with Gasteiger partial charge in [-0.25, -0.2) is 18.1 Å². The zero-order chi connectivity index (χ0) is 12.7. The third kappa shape index (κ3) is 4.53. The van der Waals surface area contributed by atoms with Crippen LogP contribution >= 0.6 is 11.8 Å².